The molecule has 0 aliphatic carbocycles. The van der Waals surface area contributed by atoms with Gasteiger partial charge in [0.05, 0.1) is 0 Å². The molecule has 0 rings (SSSR count). The van der Waals surface area contributed by atoms with E-state index in [4.69, 9.17) is 14.2 Å². The van der Waals surface area contributed by atoms with Crippen molar-refractivity contribution in [3.05, 3.63) is 48.6 Å². The maximum absolute atomic E-state index is 13.0. The smallest absolute Gasteiger partial charge is 0.306 e. The summed E-state index contributed by atoms with van der Waals surface area (Å²) in [4.78, 5) is 38.5. The highest BCUT2D eigenvalue weighted by molar-refractivity contribution is 5.71. The predicted octanol–water partition coefficient (Wildman–Crippen LogP) is 25.3. The molecule has 480 valence electrons. The van der Waals surface area contributed by atoms with Gasteiger partial charge in [0.2, 0.25) is 0 Å². The van der Waals surface area contributed by atoms with Crippen LogP contribution in [0.1, 0.15) is 400 Å². The van der Waals surface area contributed by atoms with Crippen molar-refractivity contribution < 1.29 is 28.6 Å². The van der Waals surface area contributed by atoms with Gasteiger partial charge in [-0.15, -0.1) is 0 Å². The molecule has 0 N–H and O–H groups in total. The maximum atomic E-state index is 13.0. The first-order chi connectivity index (χ1) is 40.5. The highest BCUT2D eigenvalue weighted by Crippen LogP contribution is 2.18. The van der Waals surface area contributed by atoms with Crippen LogP contribution in [-0.2, 0) is 28.6 Å². The molecule has 82 heavy (non-hydrogen) atoms. The van der Waals surface area contributed by atoms with Crippen molar-refractivity contribution >= 4 is 17.9 Å². The molecule has 0 aliphatic heterocycles. The van der Waals surface area contributed by atoms with Crippen LogP contribution in [0.2, 0.25) is 0 Å². The third-order valence-corrected chi connectivity index (χ3v) is 16.6. The monoisotopic (exact) mass is 1150 g/mol. The van der Waals surface area contributed by atoms with Crippen LogP contribution in [0.5, 0.6) is 0 Å². The number of allylic oxidation sites excluding steroid dienone is 8. The van der Waals surface area contributed by atoms with Gasteiger partial charge in [-0.3, -0.25) is 14.4 Å². The predicted molar refractivity (Wildman–Crippen MR) is 358 cm³/mol. The quantitative estimate of drug-likeness (QED) is 0.0261. The second-order valence-corrected chi connectivity index (χ2v) is 24.9. The van der Waals surface area contributed by atoms with Gasteiger partial charge in [0.25, 0.3) is 0 Å². The van der Waals surface area contributed by atoms with Crippen molar-refractivity contribution in [2.45, 2.75) is 406 Å². The number of rotatable bonds is 68. The molecule has 0 spiro atoms. The lowest BCUT2D eigenvalue weighted by Crippen LogP contribution is -2.30. The molecule has 1 unspecified atom stereocenters. The van der Waals surface area contributed by atoms with Crippen molar-refractivity contribution in [2.75, 3.05) is 13.2 Å². The van der Waals surface area contributed by atoms with Crippen LogP contribution in [0.15, 0.2) is 48.6 Å². The summed E-state index contributed by atoms with van der Waals surface area (Å²) < 4.78 is 17.0. The molecule has 0 aromatic rings. The molecule has 0 saturated heterocycles. The Hall–Kier alpha value is -2.63. The molecule has 0 saturated carbocycles. The lowest BCUT2D eigenvalue weighted by molar-refractivity contribution is -0.167. The normalized spacial score (nSPS) is 12.3. The Kier molecular flexibility index (Phi) is 68.6. The summed E-state index contributed by atoms with van der Waals surface area (Å²) in [6.45, 7) is 6.70. The Morgan fingerprint density at radius 2 is 0.439 bits per heavy atom. The molecule has 6 heteroatoms. The van der Waals surface area contributed by atoms with E-state index in [-0.39, 0.29) is 31.1 Å². The van der Waals surface area contributed by atoms with Gasteiger partial charge in [-0.2, -0.15) is 0 Å². The average molecular weight is 1150 g/mol. The van der Waals surface area contributed by atoms with Gasteiger partial charge in [0, 0.05) is 19.3 Å². The van der Waals surface area contributed by atoms with E-state index in [0.717, 1.165) is 77.0 Å². The van der Waals surface area contributed by atoms with Crippen LogP contribution >= 0.6 is 0 Å². The fraction of sp³-hybridized carbons (Fsp3) is 0.855. The molecule has 0 heterocycles. The van der Waals surface area contributed by atoms with Crippen LogP contribution in [0.4, 0.5) is 0 Å². The first-order valence-electron chi connectivity index (χ1n) is 36.6. The van der Waals surface area contributed by atoms with Gasteiger partial charge >= 0.3 is 17.9 Å². The van der Waals surface area contributed by atoms with Gasteiger partial charge in [-0.05, 0) is 83.5 Å². The van der Waals surface area contributed by atoms with E-state index in [1.807, 2.05) is 0 Å². The molecule has 0 aromatic carbocycles. The minimum atomic E-state index is -0.778. The van der Waals surface area contributed by atoms with Crippen LogP contribution < -0.4 is 0 Å². The third-order valence-electron chi connectivity index (χ3n) is 16.6. The number of carbonyl (C=O) groups excluding carboxylic acids is 3. The van der Waals surface area contributed by atoms with Gasteiger partial charge in [-0.25, -0.2) is 0 Å². The van der Waals surface area contributed by atoms with Crippen LogP contribution in [-0.4, -0.2) is 37.2 Å². The van der Waals surface area contributed by atoms with E-state index < -0.39 is 6.10 Å². The van der Waals surface area contributed by atoms with Crippen molar-refractivity contribution in [2.24, 2.45) is 0 Å². The number of unbranched alkanes of at least 4 members (excludes halogenated alkanes) is 49. The summed E-state index contributed by atoms with van der Waals surface area (Å²) >= 11 is 0. The molecular formula is C76H140O6. The Balaban J connectivity index is 4.34. The molecule has 0 aromatic heterocycles. The number of hydrogen-bond donors (Lipinski definition) is 0. The van der Waals surface area contributed by atoms with E-state index in [2.05, 4.69) is 69.4 Å². The summed E-state index contributed by atoms with van der Waals surface area (Å²) in [6.07, 6.45) is 89.9. The van der Waals surface area contributed by atoms with E-state index in [9.17, 15) is 14.4 Å². The Labute approximate surface area is 511 Å². The molecule has 0 bridgehead atoms. The Morgan fingerprint density at radius 3 is 0.695 bits per heavy atom. The SMILES string of the molecule is CCCCCCC/C=C\C/C=C\C/C=C\CCCCCCCCCCC(=O)OCC(COC(=O)CCCCCCCCCCCCCCCCCCCCCC)OC(=O)CCCCCCCCCCC/C=C\CCCCCCCCCC. The van der Waals surface area contributed by atoms with Crippen LogP contribution in [0.25, 0.3) is 0 Å². The Morgan fingerprint density at radius 1 is 0.244 bits per heavy atom. The van der Waals surface area contributed by atoms with Gasteiger partial charge in [-0.1, -0.05) is 345 Å². The van der Waals surface area contributed by atoms with E-state index >= 15 is 0 Å². The minimum absolute atomic E-state index is 0.0717. The molecule has 0 radical (unpaired) electrons. The summed E-state index contributed by atoms with van der Waals surface area (Å²) in [6, 6.07) is 0. The number of ether oxygens (including phenoxy) is 3. The van der Waals surface area contributed by atoms with E-state index in [1.165, 1.54) is 283 Å². The van der Waals surface area contributed by atoms with Crippen LogP contribution in [0.3, 0.4) is 0 Å². The summed E-state index contributed by atoms with van der Waals surface area (Å²) in [7, 11) is 0. The molecule has 0 fully saturated rings. The fourth-order valence-corrected chi connectivity index (χ4v) is 11.0. The second kappa shape index (κ2) is 70.9. The van der Waals surface area contributed by atoms with E-state index in [0.29, 0.717) is 19.3 Å². The molecule has 0 amide bonds. The first-order valence-corrected chi connectivity index (χ1v) is 36.6. The topological polar surface area (TPSA) is 78.9 Å². The number of hydrogen-bond acceptors (Lipinski definition) is 6. The highest BCUT2D eigenvalue weighted by atomic mass is 16.6. The molecule has 1 atom stereocenters. The zero-order valence-corrected chi connectivity index (χ0v) is 55.3. The third kappa shape index (κ3) is 68.2. The Bertz CT molecular complexity index is 1410. The van der Waals surface area contributed by atoms with Gasteiger partial charge < -0.3 is 14.2 Å². The fourth-order valence-electron chi connectivity index (χ4n) is 11.0. The minimum Gasteiger partial charge on any atom is -0.462 e. The molecular weight excluding hydrogens is 1010 g/mol. The largest absolute Gasteiger partial charge is 0.462 e. The maximum Gasteiger partial charge on any atom is 0.306 e. The van der Waals surface area contributed by atoms with E-state index in [1.54, 1.807) is 0 Å². The second-order valence-electron chi connectivity index (χ2n) is 24.9. The van der Waals surface area contributed by atoms with Crippen molar-refractivity contribution in [1.82, 2.24) is 0 Å². The summed E-state index contributed by atoms with van der Waals surface area (Å²) in [5.74, 6) is -0.852. The zero-order chi connectivity index (χ0) is 59.2. The molecule has 0 aliphatic rings. The highest BCUT2D eigenvalue weighted by Gasteiger charge is 2.19. The van der Waals surface area contributed by atoms with Crippen molar-refractivity contribution in [1.29, 1.82) is 0 Å². The van der Waals surface area contributed by atoms with Crippen LogP contribution in [0, 0.1) is 0 Å². The first kappa shape index (κ1) is 79.4. The number of carbonyl (C=O) groups is 3. The average Bonchev–Trinajstić information content (AvgIpc) is 3.47. The molecule has 6 nitrogen and oxygen atoms in total. The van der Waals surface area contributed by atoms with Crippen molar-refractivity contribution in [3.63, 3.8) is 0 Å². The van der Waals surface area contributed by atoms with Gasteiger partial charge in [0.1, 0.15) is 13.2 Å². The summed E-state index contributed by atoms with van der Waals surface area (Å²) in [5.41, 5.74) is 0. The standard InChI is InChI=1S/C76H140O6/c1-4-7-10-13-16-19-22-25-28-31-34-37-38-40-42-45-48-51-54-57-60-63-66-69-75(78)81-72-73(71-80-74(77)68-65-62-59-56-53-50-47-44-41-36-33-30-27-24-21-18-15-12-9-6-3)82-76(79)70-67-64-61-58-55-52-49-46-43-39-35-32-29-26-23-20-17-14-11-8-5-2/h22,25,31-32,34-35,38,40,73H,4-21,23-24,26-30,33,36-37,39,41-72H2,1-3H3/b25-22-,34-31-,35-32-,40-38-. The zero-order valence-electron chi connectivity index (χ0n) is 55.3. The van der Waals surface area contributed by atoms with Gasteiger partial charge in [0.15, 0.2) is 6.10 Å². The lowest BCUT2D eigenvalue weighted by atomic mass is 10.0. The van der Waals surface area contributed by atoms with Crippen molar-refractivity contribution in [3.8, 4) is 0 Å². The lowest BCUT2D eigenvalue weighted by Gasteiger charge is -2.18. The number of esters is 3. The summed E-state index contributed by atoms with van der Waals surface area (Å²) in [5, 5.41) is 0.